The molecule has 0 saturated carbocycles. The lowest BCUT2D eigenvalue weighted by molar-refractivity contribution is -0.137. The van der Waals surface area contributed by atoms with Gasteiger partial charge in [-0.05, 0) is 57.4 Å². The highest BCUT2D eigenvalue weighted by Gasteiger charge is 2.53. The zero-order valence-electron chi connectivity index (χ0n) is 21.6. The van der Waals surface area contributed by atoms with Gasteiger partial charge in [-0.3, -0.25) is 19.9 Å². The topological polar surface area (TPSA) is 115 Å². The van der Waals surface area contributed by atoms with E-state index >= 15 is 0 Å². The molecule has 0 radical (unpaired) electrons. The maximum atomic E-state index is 13.4. The van der Waals surface area contributed by atoms with Crippen LogP contribution in [0, 0.1) is 5.41 Å². The second kappa shape index (κ2) is 9.24. The SMILES string of the molecule is CCC1(CC)CC(=O)N(Cc2cccc(C(=O)N[C@@H]3c4ccccc4OC(C)(C)C3(C)O)c2)C(=N)N1. The van der Waals surface area contributed by atoms with Crippen LogP contribution in [0.2, 0.25) is 0 Å². The zero-order chi connectivity index (χ0) is 26.3. The van der Waals surface area contributed by atoms with E-state index in [4.69, 9.17) is 10.1 Å². The third kappa shape index (κ3) is 4.46. The number of amides is 2. The summed E-state index contributed by atoms with van der Waals surface area (Å²) in [5.74, 6) is 0.262. The highest BCUT2D eigenvalue weighted by atomic mass is 16.5. The van der Waals surface area contributed by atoms with Crippen LogP contribution < -0.4 is 15.4 Å². The first-order chi connectivity index (χ1) is 16.9. The van der Waals surface area contributed by atoms with Gasteiger partial charge < -0.3 is 20.5 Å². The van der Waals surface area contributed by atoms with Gasteiger partial charge >= 0.3 is 0 Å². The second-order valence-corrected chi connectivity index (χ2v) is 10.5. The van der Waals surface area contributed by atoms with Crippen LogP contribution in [0.25, 0.3) is 0 Å². The van der Waals surface area contributed by atoms with Gasteiger partial charge in [0.15, 0.2) is 5.96 Å². The average Bonchev–Trinajstić information content (AvgIpc) is 2.84. The fourth-order valence-electron chi connectivity index (χ4n) is 4.98. The van der Waals surface area contributed by atoms with Gasteiger partial charge in [-0.25, -0.2) is 0 Å². The molecule has 192 valence electrons. The van der Waals surface area contributed by atoms with Gasteiger partial charge in [0, 0.05) is 16.7 Å². The normalized spacial score (nSPS) is 24.4. The van der Waals surface area contributed by atoms with Crippen molar-refractivity contribution >= 4 is 17.8 Å². The fraction of sp³-hybridized carbons (Fsp3) is 0.464. The number of benzene rings is 2. The van der Waals surface area contributed by atoms with Crippen molar-refractivity contribution < 1.29 is 19.4 Å². The molecule has 4 N–H and O–H groups in total. The Morgan fingerprint density at radius 1 is 1.17 bits per heavy atom. The number of guanidine groups is 1. The Morgan fingerprint density at radius 3 is 2.53 bits per heavy atom. The molecule has 1 unspecified atom stereocenters. The molecule has 1 saturated heterocycles. The van der Waals surface area contributed by atoms with Crippen LogP contribution in [0.4, 0.5) is 0 Å². The summed E-state index contributed by atoms with van der Waals surface area (Å²) in [6.45, 7) is 9.49. The Morgan fingerprint density at radius 2 is 1.86 bits per heavy atom. The lowest BCUT2D eigenvalue weighted by Crippen LogP contribution is -2.62. The van der Waals surface area contributed by atoms with Crippen molar-refractivity contribution in [2.24, 2.45) is 0 Å². The Labute approximate surface area is 212 Å². The van der Waals surface area contributed by atoms with Gasteiger partial charge in [0.25, 0.3) is 5.91 Å². The number of carbonyl (C=O) groups excluding carboxylic acids is 2. The number of carbonyl (C=O) groups is 2. The molecule has 8 heteroatoms. The van der Waals surface area contributed by atoms with Gasteiger partial charge in [0.1, 0.15) is 17.0 Å². The summed E-state index contributed by atoms with van der Waals surface area (Å²) in [4.78, 5) is 27.7. The second-order valence-electron chi connectivity index (χ2n) is 10.5. The van der Waals surface area contributed by atoms with E-state index in [2.05, 4.69) is 10.6 Å². The van der Waals surface area contributed by atoms with Crippen molar-refractivity contribution in [2.45, 2.75) is 83.2 Å². The standard InChI is InChI=1S/C28H36N4O4/c1-6-28(7-2)16-22(33)32(25(29)31-28)17-18-11-10-12-19(15-18)24(34)30-23-20-13-8-9-14-21(20)36-26(3,4)27(23,5)35/h8-15,23,35H,6-7,16-17H2,1-5H3,(H2,29,31)(H,30,34)/t23-,27?/m1/s1. The molecule has 2 aromatic carbocycles. The number of hydrogen-bond acceptors (Lipinski definition) is 5. The zero-order valence-corrected chi connectivity index (χ0v) is 21.6. The lowest BCUT2D eigenvalue weighted by Gasteiger charge is -2.49. The van der Waals surface area contributed by atoms with Gasteiger partial charge in [-0.15, -0.1) is 0 Å². The maximum Gasteiger partial charge on any atom is 0.251 e. The van der Waals surface area contributed by atoms with Crippen molar-refractivity contribution in [3.63, 3.8) is 0 Å². The first-order valence-corrected chi connectivity index (χ1v) is 12.5. The molecular weight excluding hydrogens is 456 g/mol. The number of aliphatic hydroxyl groups is 1. The Bertz CT molecular complexity index is 1170. The first kappa shape index (κ1) is 25.7. The largest absolute Gasteiger partial charge is 0.484 e. The number of nitrogens with one attached hydrogen (secondary N) is 3. The van der Waals surface area contributed by atoms with E-state index in [0.717, 1.165) is 18.4 Å². The van der Waals surface area contributed by atoms with E-state index in [0.29, 0.717) is 23.3 Å². The predicted molar refractivity (Wildman–Crippen MR) is 138 cm³/mol. The summed E-state index contributed by atoms with van der Waals surface area (Å²) < 4.78 is 6.04. The molecule has 2 atom stereocenters. The molecule has 4 rings (SSSR count). The number of nitrogens with zero attached hydrogens (tertiary/aromatic N) is 1. The average molecular weight is 493 g/mol. The van der Waals surface area contributed by atoms with Crippen LogP contribution >= 0.6 is 0 Å². The molecule has 0 aromatic heterocycles. The molecular formula is C28H36N4O4. The number of hydrogen-bond donors (Lipinski definition) is 4. The molecule has 2 aliphatic rings. The monoisotopic (exact) mass is 492 g/mol. The van der Waals surface area contributed by atoms with E-state index in [1.54, 1.807) is 39.0 Å². The number of rotatable bonds is 6. The van der Waals surface area contributed by atoms with Crippen molar-refractivity contribution in [3.05, 3.63) is 65.2 Å². The molecule has 2 heterocycles. The summed E-state index contributed by atoms with van der Waals surface area (Å²) in [5, 5.41) is 26.0. The molecule has 1 fully saturated rings. The van der Waals surface area contributed by atoms with Crippen molar-refractivity contribution in [1.82, 2.24) is 15.5 Å². The molecule has 2 aliphatic heterocycles. The lowest BCUT2D eigenvalue weighted by atomic mass is 9.75. The summed E-state index contributed by atoms with van der Waals surface area (Å²) >= 11 is 0. The Hall–Kier alpha value is -3.39. The molecule has 2 amide bonds. The highest BCUT2D eigenvalue weighted by Crippen LogP contribution is 2.46. The number of ether oxygens (including phenoxy) is 1. The minimum absolute atomic E-state index is 0.0851. The maximum absolute atomic E-state index is 13.4. The van der Waals surface area contributed by atoms with Crippen LogP contribution in [-0.4, -0.2) is 44.5 Å². The van der Waals surface area contributed by atoms with Crippen LogP contribution in [-0.2, 0) is 11.3 Å². The van der Waals surface area contributed by atoms with E-state index in [-0.39, 0.29) is 29.9 Å². The van der Waals surface area contributed by atoms with Crippen LogP contribution in [0.3, 0.4) is 0 Å². The van der Waals surface area contributed by atoms with E-state index < -0.39 is 17.2 Å². The van der Waals surface area contributed by atoms with E-state index in [9.17, 15) is 14.7 Å². The minimum atomic E-state index is -1.37. The van der Waals surface area contributed by atoms with Gasteiger partial charge in [0.2, 0.25) is 5.91 Å². The summed E-state index contributed by atoms with van der Waals surface area (Å²) in [5.41, 5.74) is -0.833. The Kier molecular flexibility index (Phi) is 6.60. The fourth-order valence-corrected chi connectivity index (χ4v) is 4.98. The van der Waals surface area contributed by atoms with Crippen molar-refractivity contribution in [1.29, 1.82) is 5.41 Å². The smallest absolute Gasteiger partial charge is 0.251 e. The molecule has 36 heavy (non-hydrogen) atoms. The van der Waals surface area contributed by atoms with Crippen LogP contribution in [0.1, 0.15) is 81.4 Å². The molecule has 0 aliphatic carbocycles. The minimum Gasteiger partial charge on any atom is -0.484 e. The summed E-state index contributed by atoms with van der Waals surface area (Å²) in [6.07, 6.45) is 1.85. The molecule has 8 nitrogen and oxygen atoms in total. The van der Waals surface area contributed by atoms with Crippen molar-refractivity contribution in [2.75, 3.05) is 0 Å². The molecule has 2 aromatic rings. The van der Waals surface area contributed by atoms with E-state index in [1.807, 2.05) is 44.2 Å². The quantitative estimate of drug-likeness (QED) is 0.488. The molecule has 0 spiro atoms. The number of para-hydroxylation sites is 1. The third-order valence-corrected chi connectivity index (χ3v) is 7.98. The van der Waals surface area contributed by atoms with E-state index in [1.165, 1.54) is 4.90 Å². The van der Waals surface area contributed by atoms with Gasteiger partial charge in [0.05, 0.1) is 19.0 Å². The van der Waals surface area contributed by atoms with Crippen molar-refractivity contribution in [3.8, 4) is 5.75 Å². The van der Waals surface area contributed by atoms with Gasteiger partial charge in [-0.2, -0.15) is 0 Å². The summed E-state index contributed by atoms with van der Waals surface area (Å²) in [6, 6.07) is 13.7. The van der Waals surface area contributed by atoms with Crippen LogP contribution in [0.15, 0.2) is 48.5 Å². The van der Waals surface area contributed by atoms with Crippen LogP contribution in [0.5, 0.6) is 5.75 Å². The first-order valence-electron chi connectivity index (χ1n) is 12.5. The third-order valence-electron chi connectivity index (χ3n) is 7.98. The molecule has 0 bridgehead atoms. The highest BCUT2D eigenvalue weighted by molar-refractivity contribution is 5.99. The predicted octanol–water partition coefficient (Wildman–Crippen LogP) is 3.90. The summed E-state index contributed by atoms with van der Waals surface area (Å²) in [7, 11) is 0. The van der Waals surface area contributed by atoms with Gasteiger partial charge in [-0.1, -0.05) is 44.2 Å². The number of fused-ring (bicyclic) bond motifs is 1. The Balaban J connectivity index is 1.54.